The average Bonchev–Trinajstić information content (AvgIpc) is 3.03. The Morgan fingerprint density at radius 3 is 2.64 bits per heavy atom. The minimum Gasteiger partial charge on any atom is -0.480 e. The fraction of sp³-hybridized carbons (Fsp3) is 0.0952. The number of aliphatic carboxylic acids is 1. The molecule has 4 aromatic rings. The number of thiophene rings is 1. The third kappa shape index (κ3) is 3.27. The summed E-state index contributed by atoms with van der Waals surface area (Å²) in [5.41, 5.74) is 2.41. The fourth-order valence-electron chi connectivity index (χ4n) is 3.10. The first kappa shape index (κ1) is 15.8. The lowest BCUT2D eigenvalue weighted by molar-refractivity contribution is -0.135. The second-order valence-electron chi connectivity index (χ2n) is 5.99. The summed E-state index contributed by atoms with van der Waals surface area (Å²) in [6.07, 6.45) is 0. The Bertz CT molecular complexity index is 1070. The Morgan fingerprint density at radius 2 is 1.80 bits per heavy atom. The van der Waals surface area contributed by atoms with Crippen molar-refractivity contribution in [1.82, 2.24) is 5.32 Å². The van der Waals surface area contributed by atoms with Gasteiger partial charge in [-0.1, -0.05) is 48.5 Å². The average molecular weight is 347 g/mol. The van der Waals surface area contributed by atoms with Crippen LogP contribution in [0.1, 0.15) is 4.88 Å². The monoisotopic (exact) mass is 347 g/mol. The molecule has 0 aliphatic rings. The van der Waals surface area contributed by atoms with Gasteiger partial charge in [0.2, 0.25) is 0 Å². The first-order valence-electron chi connectivity index (χ1n) is 8.14. The van der Waals surface area contributed by atoms with Gasteiger partial charge in [0, 0.05) is 21.5 Å². The van der Waals surface area contributed by atoms with Crippen molar-refractivity contribution in [3.05, 3.63) is 71.6 Å². The number of carboxylic acid groups (broad SMARTS) is 1. The van der Waals surface area contributed by atoms with Gasteiger partial charge in [0.05, 0.1) is 6.54 Å². The van der Waals surface area contributed by atoms with Gasteiger partial charge in [-0.15, -0.1) is 11.3 Å². The van der Waals surface area contributed by atoms with E-state index in [-0.39, 0.29) is 6.54 Å². The second-order valence-corrected chi connectivity index (χ2v) is 7.16. The molecule has 0 unspecified atom stereocenters. The van der Waals surface area contributed by atoms with E-state index in [4.69, 9.17) is 5.11 Å². The summed E-state index contributed by atoms with van der Waals surface area (Å²) in [5.74, 6) is -0.835. The van der Waals surface area contributed by atoms with Crippen LogP contribution in [0, 0.1) is 0 Å². The van der Waals surface area contributed by atoms with Crippen molar-refractivity contribution in [1.29, 1.82) is 0 Å². The topological polar surface area (TPSA) is 49.3 Å². The van der Waals surface area contributed by atoms with Crippen LogP contribution in [0.4, 0.5) is 0 Å². The lowest BCUT2D eigenvalue weighted by atomic mass is 9.99. The molecule has 0 saturated carbocycles. The van der Waals surface area contributed by atoms with Gasteiger partial charge in [0.1, 0.15) is 0 Å². The zero-order valence-corrected chi connectivity index (χ0v) is 14.3. The molecule has 2 N–H and O–H groups in total. The van der Waals surface area contributed by atoms with Crippen LogP contribution in [0.15, 0.2) is 66.7 Å². The van der Waals surface area contributed by atoms with Crippen LogP contribution in [-0.2, 0) is 11.3 Å². The van der Waals surface area contributed by atoms with E-state index < -0.39 is 5.97 Å². The minimum atomic E-state index is -0.835. The molecule has 25 heavy (non-hydrogen) atoms. The maximum Gasteiger partial charge on any atom is 0.317 e. The molecule has 0 aliphatic carbocycles. The Labute approximate surface area is 149 Å². The lowest BCUT2D eigenvalue weighted by Gasteiger charge is -2.06. The predicted molar refractivity (Wildman–Crippen MR) is 104 cm³/mol. The standard InChI is InChI=1S/C21H17NO2S/c23-21(24)13-22-12-17-11-19-18(6-3-7-20(19)25-17)16-9-8-14-4-1-2-5-15(14)10-16/h1-11,22H,12-13H2,(H,23,24). The third-order valence-corrected chi connectivity index (χ3v) is 5.35. The van der Waals surface area contributed by atoms with Gasteiger partial charge in [0.25, 0.3) is 0 Å². The molecule has 0 radical (unpaired) electrons. The van der Waals surface area contributed by atoms with Gasteiger partial charge < -0.3 is 10.4 Å². The van der Waals surface area contributed by atoms with Crippen molar-refractivity contribution >= 4 is 38.2 Å². The highest BCUT2D eigenvalue weighted by Crippen LogP contribution is 2.35. The van der Waals surface area contributed by atoms with Gasteiger partial charge in [0.15, 0.2) is 0 Å². The van der Waals surface area contributed by atoms with Crippen molar-refractivity contribution in [2.24, 2.45) is 0 Å². The highest BCUT2D eigenvalue weighted by Gasteiger charge is 2.09. The first-order chi connectivity index (χ1) is 12.2. The number of hydrogen-bond acceptors (Lipinski definition) is 3. The third-order valence-electron chi connectivity index (χ3n) is 4.25. The molecule has 0 saturated heterocycles. The van der Waals surface area contributed by atoms with E-state index in [0.29, 0.717) is 6.54 Å². The predicted octanol–water partition coefficient (Wildman–Crippen LogP) is 4.90. The summed E-state index contributed by atoms with van der Waals surface area (Å²) in [7, 11) is 0. The maximum absolute atomic E-state index is 10.6. The smallest absolute Gasteiger partial charge is 0.317 e. The Kier molecular flexibility index (Phi) is 4.22. The number of rotatable bonds is 5. The SMILES string of the molecule is O=C(O)CNCc1cc2c(-c3ccc4ccccc4c3)cccc2s1. The van der Waals surface area contributed by atoms with Gasteiger partial charge in [-0.25, -0.2) is 0 Å². The van der Waals surface area contributed by atoms with Crippen LogP contribution in [-0.4, -0.2) is 17.6 Å². The Hall–Kier alpha value is -2.69. The highest BCUT2D eigenvalue weighted by molar-refractivity contribution is 7.19. The normalized spacial score (nSPS) is 11.2. The summed E-state index contributed by atoms with van der Waals surface area (Å²) < 4.78 is 1.22. The molecular formula is C21H17NO2S. The maximum atomic E-state index is 10.6. The number of benzene rings is 3. The van der Waals surface area contributed by atoms with E-state index in [0.717, 1.165) is 4.88 Å². The lowest BCUT2D eigenvalue weighted by Crippen LogP contribution is -2.21. The summed E-state index contributed by atoms with van der Waals surface area (Å²) in [5, 5.41) is 15.4. The van der Waals surface area contributed by atoms with Crippen molar-refractivity contribution in [3.8, 4) is 11.1 Å². The van der Waals surface area contributed by atoms with Gasteiger partial charge in [-0.2, -0.15) is 0 Å². The van der Waals surface area contributed by atoms with E-state index in [9.17, 15) is 4.79 Å². The van der Waals surface area contributed by atoms with Gasteiger partial charge in [-0.05, 0) is 40.1 Å². The van der Waals surface area contributed by atoms with E-state index in [1.807, 2.05) is 0 Å². The summed E-state index contributed by atoms with van der Waals surface area (Å²) in [6, 6.07) is 23.4. The molecule has 0 atom stereocenters. The zero-order valence-electron chi connectivity index (χ0n) is 13.5. The van der Waals surface area contributed by atoms with Crippen LogP contribution in [0.2, 0.25) is 0 Å². The molecule has 0 bridgehead atoms. The molecule has 0 amide bonds. The largest absolute Gasteiger partial charge is 0.480 e. The quantitative estimate of drug-likeness (QED) is 0.540. The molecule has 1 aromatic heterocycles. The van der Waals surface area contributed by atoms with Crippen molar-refractivity contribution in [2.45, 2.75) is 6.54 Å². The first-order valence-corrected chi connectivity index (χ1v) is 8.95. The molecule has 4 rings (SSSR count). The van der Waals surface area contributed by atoms with E-state index in [2.05, 4.69) is 72.0 Å². The summed E-state index contributed by atoms with van der Waals surface area (Å²) in [4.78, 5) is 11.8. The number of carboxylic acids is 1. The summed E-state index contributed by atoms with van der Waals surface area (Å²) in [6.45, 7) is 0.550. The second kappa shape index (κ2) is 6.67. The molecule has 124 valence electrons. The molecule has 1 heterocycles. The van der Waals surface area contributed by atoms with Crippen molar-refractivity contribution in [2.75, 3.05) is 6.54 Å². The van der Waals surface area contributed by atoms with E-state index in [1.54, 1.807) is 11.3 Å². The molecule has 0 aliphatic heterocycles. The zero-order chi connectivity index (χ0) is 17.2. The van der Waals surface area contributed by atoms with Crippen molar-refractivity contribution < 1.29 is 9.90 Å². The van der Waals surface area contributed by atoms with E-state index >= 15 is 0 Å². The molecule has 0 spiro atoms. The Balaban J connectivity index is 1.73. The molecular weight excluding hydrogens is 330 g/mol. The molecule has 4 heteroatoms. The molecule has 0 fully saturated rings. The number of hydrogen-bond donors (Lipinski definition) is 2. The van der Waals surface area contributed by atoms with E-state index in [1.165, 1.54) is 32.0 Å². The minimum absolute atomic E-state index is 0.0220. The van der Waals surface area contributed by atoms with Crippen molar-refractivity contribution in [3.63, 3.8) is 0 Å². The highest BCUT2D eigenvalue weighted by atomic mass is 32.1. The van der Waals surface area contributed by atoms with Crippen LogP contribution >= 0.6 is 11.3 Å². The molecule has 3 nitrogen and oxygen atoms in total. The van der Waals surface area contributed by atoms with Gasteiger partial charge in [-0.3, -0.25) is 4.79 Å². The number of nitrogens with one attached hydrogen (secondary N) is 1. The summed E-state index contributed by atoms with van der Waals surface area (Å²) >= 11 is 1.71. The Morgan fingerprint density at radius 1 is 0.960 bits per heavy atom. The van der Waals surface area contributed by atoms with Crippen LogP contribution in [0.5, 0.6) is 0 Å². The van der Waals surface area contributed by atoms with Crippen LogP contribution in [0.25, 0.3) is 32.0 Å². The van der Waals surface area contributed by atoms with Gasteiger partial charge >= 0.3 is 5.97 Å². The van der Waals surface area contributed by atoms with Crippen LogP contribution < -0.4 is 5.32 Å². The molecule has 3 aromatic carbocycles. The fourth-order valence-corrected chi connectivity index (χ4v) is 4.16. The number of carbonyl (C=O) groups is 1. The van der Waals surface area contributed by atoms with Crippen LogP contribution in [0.3, 0.4) is 0 Å². The number of fused-ring (bicyclic) bond motifs is 2.